The maximum atomic E-state index is 12.4. The molecule has 0 aliphatic rings. The van der Waals surface area contributed by atoms with Gasteiger partial charge >= 0.3 is 5.97 Å². The molecule has 0 radical (unpaired) electrons. The molecular weight excluding hydrogens is 360 g/mol. The van der Waals surface area contributed by atoms with E-state index in [1.54, 1.807) is 6.20 Å². The van der Waals surface area contributed by atoms with Gasteiger partial charge in [-0.3, -0.25) is 9.59 Å². The zero-order valence-corrected chi connectivity index (χ0v) is 16.4. The number of amides is 2. The van der Waals surface area contributed by atoms with Gasteiger partial charge in [-0.2, -0.15) is 0 Å². The number of benzene rings is 1. The highest BCUT2D eigenvalue weighted by atomic mass is 16.4. The minimum absolute atomic E-state index is 0.124. The largest absolute Gasteiger partial charge is 0.480 e. The lowest BCUT2D eigenvalue weighted by Crippen LogP contribution is -2.53. The summed E-state index contributed by atoms with van der Waals surface area (Å²) in [5.74, 6) is -1.90. The van der Waals surface area contributed by atoms with Gasteiger partial charge in [-0.25, -0.2) is 4.79 Å². The van der Waals surface area contributed by atoms with Gasteiger partial charge in [-0.15, -0.1) is 0 Å². The van der Waals surface area contributed by atoms with Gasteiger partial charge in [-0.1, -0.05) is 32.0 Å². The Morgan fingerprint density at radius 1 is 1.11 bits per heavy atom. The molecule has 6 N–H and O–H groups in total. The molecule has 0 bridgehead atoms. The van der Waals surface area contributed by atoms with Crippen LogP contribution in [-0.2, 0) is 20.8 Å². The van der Waals surface area contributed by atoms with Crippen molar-refractivity contribution in [2.75, 3.05) is 0 Å². The van der Waals surface area contributed by atoms with E-state index in [1.165, 1.54) is 6.92 Å². The average Bonchev–Trinajstić information content (AvgIpc) is 3.03. The highest BCUT2D eigenvalue weighted by molar-refractivity contribution is 5.92. The Balaban J connectivity index is 2.00. The van der Waals surface area contributed by atoms with E-state index in [1.807, 2.05) is 38.1 Å². The van der Waals surface area contributed by atoms with Gasteiger partial charge in [0, 0.05) is 23.5 Å². The molecule has 0 aliphatic heterocycles. The summed E-state index contributed by atoms with van der Waals surface area (Å²) < 4.78 is 0. The second-order valence-electron chi connectivity index (χ2n) is 7.43. The minimum atomic E-state index is -1.14. The highest BCUT2D eigenvalue weighted by Gasteiger charge is 2.26. The number of fused-ring (bicyclic) bond motifs is 1. The summed E-state index contributed by atoms with van der Waals surface area (Å²) in [4.78, 5) is 39.2. The maximum Gasteiger partial charge on any atom is 0.326 e. The van der Waals surface area contributed by atoms with Crippen molar-refractivity contribution in [1.82, 2.24) is 15.6 Å². The molecule has 1 aromatic heterocycles. The number of nitrogens with one attached hydrogen (secondary N) is 3. The van der Waals surface area contributed by atoms with Crippen LogP contribution in [-0.4, -0.2) is 46.0 Å². The molecule has 0 fully saturated rings. The number of para-hydroxylation sites is 1. The second-order valence-corrected chi connectivity index (χ2v) is 7.43. The number of H-pyrrole nitrogens is 1. The van der Waals surface area contributed by atoms with Gasteiger partial charge in [-0.05, 0) is 30.9 Å². The highest BCUT2D eigenvalue weighted by Crippen LogP contribution is 2.19. The van der Waals surface area contributed by atoms with Gasteiger partial charge < -0.3 is 26.5 Å². The summed E-state index contributed by atoms with van der Waals surface area (Å²) in [5.41, 5.74) is 7.50. The van der Waals surface area contributed by atoms with Crippen molar-refractivity contribution in [2.24, 2.45) is 11.7 Å². The predicted octanol–water partition coefficient (Wildman–Crippen LogP) is 1.16. The van der Waals surface area contributed by atoms with E-state index in [0.29, 0.717) is 6.42 Å². The van der Waals surface area contributed by atoms with E-state index in [9.17, 15) is 19.5 Å². The number of carboxylic acid groups (broad SMARTS) is 1. The fourth-order valence-electron chi connectivity index (χ4n) is 3.02. The summed E-state index contributed by atoms with van der Waals surface area (Å²) in [7, 11) is 0. The summed E-state index contributed by atoms with van der Waals surface area (Å²) in [5, 5.41) is 15.5. The zero-order valence-electron chi connectivity index (χ0n) is 16.4. The van der Waals surface area contributed by atoms with Crippen molar-refractivity contribution in [3.63, 3.8) is 0 Å². The van der Waals surface area contributed by atoms with Crippen molar-refractivity contribution >= 4 is 28.7 Å². The first-order chi connectivity index (χ1) is 13.2. The summed E-state index contributed by atoms with van der Waals surface area (Å²) in [6, 6.07) is 4.81. The summed E-state index contributed by atoms with van der Waals surface area (Å²) in [6.45, 7) is 5.40. The summed E-state index contributed by atoms with van der Waals surface area (Å²) in [6.07, 6.45) is 2.36. The van der Waals surface area contributed by atoms with Gasteiger partial charge in [0.2, 0.25) is 11.8 Å². The Hall–Kier alpha value is -2.87. The maximum absolute atomic E-state index is 12.4. The molecule has 8 heteroatoms. The minimum Gasteiger partial charge on any atom is -0.480 e. The first-order valence-electron chi connectivity index (χ1n) is 9.33. The number of aliphatic carboxylic acids is 1. The molecule has 2 amide bonds. The molecule has 8 nitrogen and oxygen atoms in total. The lowest BCUT2D eigenvalue weighted by atomic mass is 10.0. The third-order valence-corrected chi connectivity index (χ3v) is 4.53. The summed E-state index contributed by atoms with van der Waals surface area (Å²) >= 11 is 0. The number of carbonyl (C=O) groups excluding carboxylic acids is 2. The van der Waals surface area contributed by atoms with Crippen LogP contribution in [0, 0.1) is 5.92 Å². The lowest BCUT2D eigenvalue weighted by molar-refractivity contribution is -0.142. The van der Waals surface area contributed by atoms with Crippen molar-refractivity contribution in [3.8, 4) is 0 Å². The fourth-order valence-corrected chi connectivity index (χ4v) is 3.02. The SMILES string of the molecule is CC(C)CC(N)C(=O)NC(C)C(=O)NC(Cc1c[nH]c2ccccc12)C(=O)O. The van der Waals surface area contributed by atoms with Crippen molar-refractivity contribution in [2.45, 2.75) is 51.7 Å². The topological polar surface area (TPSA) is 137 Å². The Morgan fingerprint density at radius 2 is 1.79 bits per heavy atom. The standard InChI is InChI=1S/C20H28N4O4/c1-11(2)8-15(21)19(26)23-12(3)18(25)24-17(20(27)28)9-13-10-22-16-7-5-4-6-14(13)16/h4-7,10-12,15,17,22H,8-9,21H2,1-3H3,(H,23,26)(H,24,25)(H,27,28). The molecular formula is C20H28N4O4. The number of carbonyl (C=O) groups is 3. The number of nitrogens with two attached hydrogens (primary N) is 1. The molecule has 3 unspecified atom stereocenters. The molecule has 0 aliphatic carbocycles. The van der Waals surface area contributed by atoms with Crippen molar-refractivity contribution in [3.05, 3.63) is 36.0 Å². The van der Waals surface area contributed by atoms with Crippen LogP contribution >= 0.6 is 0 Å². The van der Waals surface area contributed by atoms with Gasteiger partial charge in [0.05, 0.1) is 6.04 Å². The zero-order chi connectivity index (χ0) is 20.8. The number of aromatic amines is 1. The molecule has 1 heterocycles. The Morgan fingerprint density at radius 3 is 2.43 bits per heavy atom. The molecule has 2 aromatic rings. The molecule has 3 atom stereocenters. The van der Waals surface area contributed by atoms with Crippen LogP contribution in [0.2, 0.25) is 0 Å². The van der Waals surface area contributed by atoms with Crippen LogP contribution in [0.4, 0.5) is 0 Å². The third-order valence-electron chi connectivity index (χ3n) is 4.53. The average molecular weight is 388 g/mol. The van der Waals surface area contributed by atoms with Gasteiger partial charge in [0.15, 0.2) is 0 Å². The number of hydrogen-bond acceptors (Lipinski definition) is 4. The number of aromatic nitrogens is 1. The molecule has 1 aromatic carbocycles. The second kappa shape index (κ2) is 9.36. The lowest BCUT2D eigenvalue weighted by Gasteiger charge is -2.20. The Kier molecular flexibility index (Phi) is 7.17. The number of carboxylic acids is 1. The van der Waals surface area contributed by atoms with E-state index < -0.39 is 35.9 Å². The van der Waals surface area contributed by atoms with E-state index in [-0.39, 0.29) is 12.3 Å². The molecule has 0 saturated heterocycles. The van der Waals surface area contributed by atoms with E-state index in [2.05, 4.69) is 15.6 Å². The molecule has 152 valence electrons. The first kappa shape index (κ1) is 21.4. The quantitative estimate of drug-likeness (QED) is 0.439. The van der Waals surface area contributed by atoms with Gasteiger partial charge in [0.1, 0.15) is 12.1 Å². The number of hydrogen-bond donors (Lipinski definition) is 5. The molecule has 2 rings (SSSR count). The Labute approximate surface area is 163 Å². The third kappa shape index (κ3) is 5.56. The molecule has 28 heavy (non-hydrogen) atoms. The van der Waals surface area contributed by atoms with Crippen LogP contribution in [0.5, 0.6) is 0 Å². The van der Waals surface area contributed by atoms with Crippen molar-refractivity contribution in [1.29, 1.82) is 0 Å². The number of rotatable bonds is 9. The first-order valence-corrected chi connectivity index (χ1v) is 9.33. The van der Waals surface area contributed by atoms with Crippen LogP contribution < -0.4 is 16.4 Å². The Bertz CT molecular complexity index is 846. The van der Waals surface area contributed by atoms with Crippen molar-refractivity contribution < 1.29 is 19.5 Å². The molecule has 0 spiro atoms. The monoisotopic (exact) mass is 388 g/mol. The van der Waals surface area contributed by atoms with E-state index in [0.717, 1.165) is 16.5 Å². The fraction of sp³-hybridized carbons (Fsp3) is 0.450. The van der Waals surface area contributed by atoms with Crippen LogP contribution in [0.1, 0.15) is 32.8 Å². The molecule has 0 saturated carbocycles. The smallest absolute Gasteiger partial charge is 0.326 e. The van der Waals surface area contributed by atoms with Crippen LogP contribution in [0.25, 0.3) is 10.9 Å². The van der Waals surface area contributed by atoms with Crippen LogP contribution in [0.3, 0.4) is 0 Å². The predicted molar refractivity (Wildman–Crippen MR) is 107 cm³/mol. The van der Waals surface area contributed by atoms with E-state index >= 15 is 0 Å². The van der Waals surface area contributed by atoms with Crippen LogP contribution in [0.15, 0.2) is 30.5 Å². The normalized spacial score (nSPS) is 14.5. The van der Waals surface area contributed by atoms with Gasteiger partial charge in [0.25, 0.3) is 0 Å². The van der Waals surface area contributed by atoms with E-state index in [4.69, 9.17) is 5.73 Å².